The van der Waals surface area contributed by atoms with Crippen molar-refractivity contribution in [3.63, 3.8) is 0 Å². The molecular formula is C15H26N2O. The van der Waals surface area contributed by atoms with Crippen LogP contribution in [0.2, 0.25) is 0 Å². The molecule has 102 valence electrons. The number of nitrogens with one attached hydrogen (secondary N) is 1. The zero-order chi connectivity index (χ0) is 12.8. The largest absolute Gasteiger partial charge is 0.463 e. The van der Waals surface area contributed by atoms with Crippen molar-refractivity contribution in [2.24, 2.45) is 5.92 Å². The quantitative estimate of drug-likeness (QED) is 0.841. The summed E-state index contributed by atoms with van der Waals surface area (Å²) in [6.45, 7) is 2.95. The summed E-state index contributed by atoms with van der Waals surface area (Å²) in [5.41, 5.74) is 0. The number of hydrogen-bond acceptors (Lipinski definition) is 3. The van der Waals surface area contributed by atoms with E-state index in [0.29, 0.717) is 0 Å². The molecule has 1 N–H and O–H groups in total. The van der Waals surface area contributed by atoms with Gasteiger partial charge in [-0.25, -0.2) is 0 Å². The highest BCUT2D eigenvalue weighted by Crippen LogP contribution is 2.24. The molecule has 18 heavy (non-hydrogen) atoms. The van der Waals surface area contributed by atoms with Crippen LogP contribution in [0.25, 0.3) is 0 Å². The van der Waals surface area contributed by atoms with Gasteiger partial charge >= 0.3 is 0 Å². The lowest BCUT2D eigenvalue weighted by atomic mass is 9.89. The minimum atomic E-state index is 0.812. The minimum Gasteiger partial charge on any atom is -0.463 e. The summed E-state index contributed by atoms with van der Waals surface area (Å²) in [6.07, 6.45) is 7.10. The van der Waals surface area contributed by atoms with Crippen LogP contribution >= 0.6 is 0 Å². The molecule has 0 aromatic carbocycles. The molecule has 0 radical (unpaired) electrons. The molecule has 1 fully saturated rings. The average molecular weight is 250 g/mol. The van der Waals surface area contributed by atoms with Gasteiger partial charge < -0.3 is 9.73 Å². The molecule has 3 nitrogen and oxygen atoms in total. The molecule has 0 atom stereocenters. The predicted octanol–water partition coefficient (Wildman–Crippen LogP) is 3.01. The van der Waals surface area contributed by atoms with Crippen molar-refractivity contribution in [1.82, 2.24) is 10.2 Å². The Balaban J connectivity index is 1.76. The van der Waals surface area contributed by atoms with Gasteiger partial charge in [0.2, 0.25) is 0 Å². The summed E-state index contributed by atoms with van der Waals surface area (Å²) in [4.78, 5) is 2.40. The molecule has 1 aromatic heterocycles. The van der Waals surface area contributed by atoms with E-state index in [9.17, 15) is 0 Å². The Labute approximate surface area is 111 Å². The lowest BCUT2D eigenvalue weighted by Crippen LogP contribution is -2.26. The Bertz CT molecular complexity index is 342. The lowest BCUT2D eigenvalue weighted by Gasteiger charge is -2.26. The zero-order valence-electron chi connectivity index (χ0n) is 11.7. The maximum atomic E-state index is 5.78. The second-order valence-electron chi connectivity index (χ2n) is 5.60. The Hall–Kier alpha value is -0.800. The monoisotopic (exact) mass is 250 g/mol. The van der Waals surface area contributed by atoms with Crippen LogP contribution in [-0.2, 0) is 13.1 Å². The third-order valence-corrected chi connectivity index (χ3v) is 3.79. The Kier molecular flexibility index (Phi) is 5.26. The highest BCUT2D eigenvalue weighted by molar-refractivity contribution is 5.06. The first-order valence-corrected chi connectivity index (χ1v) is 7.18. The van der Waals surface area contributed by atoms with Crippen molar-refractivity contribution in [2.45, 2.75) is 45.2 Å². The van der Waals surface area contributed by atoms with Crippen LogP contribution in [0.15, 0.2) is 16.5 Å². The van der Waals surface area contributed by atoms with Crippen molar-refractivity contribution >= 4 is 0 Å². The van der Waals surface area contributed by atoms with Gasteiger partial charge in [0.05, 0.1) is 13.1 Å². The second-order valence-corrected chi connectivity index (χ2v) is 5.60. The van der Waals surface area contributed by atoms with E-state index in [1.807, 2.05) is 7.05 Å². The highest BCUT2D eigenvalue weighted by atomic mass is 16.3. The van der Waals surface area contributed by atoms with Crippen LogP contribution in [0.1, 0.15) is 43.6 Å². The molecule has 1 aromatic rings. The average Bonchev–Trinajstić information content (AvgIpc) is 2.78. The van der Waals surface area contributed by atoms with E-state index in [1.165, 1.54) is 38.6 Å². The molecule has 1 saturated carbocycles. The molecule has 0 amide bonds. The molecule has 0 saturated heterocycles. The fraction of sp³-hybridized carbons (Fsp3) is 0.733. The van der Waals surface area contributed by atoms with Gasteiger partial charge in [-0.2, -0.15) is 0 Å². The van der Waals surface area contributed by atoms with Gasteiger partial charge in [0, 0.05) is 6.54 Å². The summed E-state index contributed by atoms with van der Waals surface area (Å²) in [5.74, 6) is 3.01. The number of nitrogens with zero attached hydrogens (tertiary/aromatic N) is 1. The summed E-state index contributed by atoms with van der Waals surface area (Å²) in [6, 6.07) is 4.17. The van der Waals surface area contributed by atoms with E-state index in [2.05, 4.69) is 29.4 Å². The molecule has 2 rings (SSSR count). The summed E-state index contributed by atoms with van der Waals surface area (Å²) in [7, 11) is 4.15. The maximum Gasteiger partial charge on any atom is 0.118 e. The van der Waals surface area contributed by atoms with E-state index < -0.39 is 0 Å². The maximum absolute atomic E-state index is 5.78. The summed E-state index contributed by atoms with van der Waals surface area (Å²) >= 11 is 0. The van der Waals surface area contributed by atoms with Crippen LogP contribution in [0.3, 0.4) is 0 Å². The fourth-order valence-electron chi connectivity index (χ4n) is 2.92. The molecule has 3 heteroatoms. The van der Waals surface area contributed by atoms with Crippen LogP contribution < -0.4 is 5.32 Å². The summed E-state index contributed by atoms with van der Waals surface area (Å²) in [5, 5.41) is 3.11. The molecule has 1 aliphatic rings. The van der Waals surface area contributed by atoms with Gasteiger partial charge in [-0.05, 0) is 45.0 Å². The van der Waals surface area contributed by atoms with Gasteiger partial charge in [-0.3, -0.25) is 4.90 Å². The third kappa shape index (κ3) is 4.14. The fourth-order valence-corrected chi connectivity index (χ4v) is 2.92. The number of furan rings is 1. The molecule has 0 unspecified atom stereocenters. The van der Waals surface area contributed by atoms with Crippen LogP contribution in [0.4, 0.5) is 0 Å². The molecule has 0 bridgehead atoms. The van der Waals surface area contributed by atoms with E-state index in [-0.39, 0.29) is 0 Å². The van der Waals surface area contributed by atoms with Crippen molar-refractivity contribution in [1.29, 1.82) is 0 Å². The van der Waals surface area contributed by atoms with E-state index in [4.69, 9.17) is 4.42 Å². The number of rotatable bonds is 6. The van der Waals surface area contributed by atoms with Gasteiger partial charge in [0.1, 0.15) is 11.5 Å². The molecule has 1 aliphatic carbocycles. The smallest absolute Gasteiger partial charge is 0.118 e. The second kappa shape index (κ2) is 6.95. The first-order valence-electron chi connectivity index (χ1n) is 7.18. The standard InChI is InChI=1S/C15H26N2O/c1-16-10-14-8-9-15(18-14)12-17(2)11-13-6-4-3-5-7-13/h8-9,13,16H,3-7,10-12H2,1-2H3. The zero-order valence-corrected chi connectivity index (χ0v) is 11.7. The van der Waals surface area contributed by atoms with E-state index in [1.54, 1.807) is 0 Å². The SMILES string of the molecule is CNCc1ccc(CN(C)CC2CCCCC2)o1. The normalized spacial score (nSPS) is 17.5. The third-order valence-electron chi connectivity index (χ3n) is 3.79. The highest BCUT2D eigenvalue weighted by Gasteiger charge is 2.16. The van der Waals surface area contributed by atoms with E-state index >= 15 is 0 Å². The molecule has 0 spiro atoms. The molecule has 0 aliphatic heterocycles. The van der Waals surface area contributed by atoms with Crippen molar-refractivity contribution in [2.75, 3.05) is 20.6 Å². The van der Waals surface area contributed by atoms with Gasteiger partial charge in [0.15, 0.2) is 0 Å². The first-order chi connectivity index (χ1) is 8.78. The lowest BCUT2D eigenvalue weighted by molar-refractivity contribution is 0.214. The minimum absolute atomic E-state index is 0.812. The van der Waals surface area contributed by atoms with Gasteiger partial charge in [-0.1, -0.05) is 19.3 Å². The van der Waals surface area contributed by atoms with E-state index in [0.717, 1.165) is 30.5 Å². The topological polar surface area (TPSA) is 28.4 Å². The van der Waals surface area contributed by atoms with Crippen LogP contribution in [0.5, 0.6) is 0 Å². The Morgan fingerprint density at radius 2 is 1.94 bits per heavy atom. The molecular weight excluding hydrogens is 224 g/mol. The van der Waals surface area contributed by atoms with Crippen LogP contribution in [-0.4, -0.2) is 25.5 Å². The Morgan fingerprint density at radius 1 is 1.22 bits per heavy atom. The first kappa shape index (κ1) is 13.6. The van der Waals surface area contributed by atoms with Gasteiger partial charge in [0.25, 0.3) is 0 Å². The predicted molar refractivity (Wildman–Crippen MR) is 74.4 cm³/mol. The number of hydrogen-bond donors (Lipinski definition) is 1. The van der Waals surface area contributed by atoms with Crippen molar-refractivity contribution in [3.05, 3.63) is 23.7 Å². The Morgan fingerprint density at radius 3 is 2.67 bits per heavy atom. The van der Waals surface area contributed by atoms with Crippen molar-refractivity contribution < 1.29 is 4.42 Å². The van der Waals surface area contributed by atoms with Gasteiger partial charge in [-0.15, -0.1) is 0 Å². The molecule has 1 heterocycles. The van der Waals surface area contributed by atoms with Crippen LogP contribution in [0, 0.1) is 5.92 Å². The summed E-state index contributed by atoms with van der Waals surface area (Å²) < 4.78 is 5.78. The van der Waals surface area contributed by atoms with Crippen molar-refractivity contribution in [3.8, 4) is 0 Å².